The second-order valence-electron chi connectivity index (χ2n) is 5.49. The summed E-state index contributed by atoms with van der Waals surface area (Å²) in [7, 11) is 0. The number of ketones is 2. The van der Waals surface area contributed by atoms with E-state index in [9.17, 15) is 9.59 Å². The van der Waals surface area contributed by atoms with E-state index in [1.807, 2.05) is 0 Å². The Hall–Kier alpha value is -1.65. The Balaban J connectivity index is 1.90. The Morgan fingerprint density at radius 2 is 2.00 bits per heavy atom. The fraction of sp³-hybridized carbons (Fsp3) is 0.312. The molecule has 0 bridgehead atoms. The number of benzene rings is 1. The third-order valence-electron chi connectivity index (χ3n) is 3.79. The molecule has 1 heterocycles. The molecule has 1 aliphatic rings. The van der Waals surface area contributed by atoms with Crippen LogP contribution < -0.4 is 0 Å². The third-order valence-corrected chi connectivity index (χ3v) is 4.63. The highest BCUT2D eigenvalue weighted by molar-refractivity contribution is 6.42. The number of carbonyl (C=O) groups excluding carboxylic acids is 2. The minimum Gasteiger partial charge on any atom is -0.299 e. The molecule has 1 aliphatic carbocycles. The van der Waals surface area contributed by atoms with Crippen LogP contribution in [0.2, 0.25) is 10.0 Å². The molecule has 22 heavy (non-hydrogen) atoms. The summed E-state index contributed by atoms with van der Waals surface area (Å²) in [5, 5.41) is 7.46. The van der Waals surface area contributed by atoms with Crippen LogP contribution in [0.3, 0.4) is 0 Å². The molecule has 1 aromatic heterocycles. The molecule has 6 heteroatoms. The van der Waals surface area contributed by atoms with Crippen molar-refractivity contribution < 1.29 is 9.59 Å². The predicted octanol–water partition coefficient (Wildman–Crippen LogP) is 3.86. The number of hydrogen-bond acceptors (Lipinski definition) is 3. The Morgan fingerprint density at radius 3 is 2.64 bits per heavy atom. The Kier molecular flexibility index (Phi) is 4.32. The number of H-pyrrole nitrogens is 1. The van der Waals surface area contributed by atoms with Crippen LogP contribution in [-0.4, -0.2) is 21.8 Å². The second kappa shape index (κ2) is 6.23. The zero-order valence-corrected chi connectivity index (χ0v) is 13.2. The van der Waals surface area contributed by atoms with E-state index in [0.29, 0.717) is 27.6 Å². The molecule has 3 rings (SSSR count). The van der Waals surface area contributed by atoms with Crippen LogP contribution in [0, 0.1) is 5.92 Å². The Morgan fingerprint density at radius 1 is 1.23 bits per heavy atom. The Labute approximate surface area is 137 Å². The quantitative estimate of drug-likeness (QED) is 0.643. The molecule has 0 aliphatic heterocycles. The number of hydrogen-bond donors (Lipinski definition) is 1. The van der Waals surface area contributed by atoms with Crippen molar-refractivity contribution in [3.63, 3.8) is 0 Å². The van der Waals surface area contributed by atoms with E-state index in [4.69, 9.17) is 23.2 Å². The molecule has 0 spiro atoms. The summed E-state index contributed by atoms with van der Waals surface area (Å²) >= 11 is 12.3. The van der Waals surface area contributed by atoms with Crippen molar-refractivity contribution in [1.29, 1.82) is 0 Å². The highest BCUT2D eigenvalue weighted by atomic mass is 35.5. The topological polar surface area (TPSA) is 62.8 Å². The van der Waals surface area contributed by atoms with Crippen molar-refractivity contribution in [1.82, 2.24) is 10.2 Å². The molecule has 0 amide bonds. The molecule has 1 aromatic carbocycles. The highest BCUT2D eigenvalue weighted by Gasteiger charge is 2.31. The van der Waals surface area contributed by atoms with Crippen LogP contribution in [0.15, 0.2) is 24.4 Å². The van der Waals surface area contributed by atoms with E-state index in [-0.39, 0.29) is 23.9 Å². The SMILES string of the molecule is O=C(CC(=O)C1CC1)c1ccc(Cl)c(Cl)c1Cc1ccn[nH]1. The van der Waals surface area contributed by atoms with Gasteiger partial charge < -0.3 is 0 Å². The molecule has 4 nitrogen and oxygen atoms in total. The first kappa shape index (κ1) is 15.3. The van der Waals surface area contributed by atoms with Crippen molar-refractivity contribution in [3.05, 3.63) is 51.3 Å². The minimum atomic E-state index is -0.204. The average Bonchev–Trinajstić information content (AvgIpc) is 3.22. The maximum Gasteiger partial charge on any atom is 0.170 e. The molecule has 0 unspecified atom stereocenters. The van der Waals surface area contributed by atoms with Crippen molar-refractivity contribution in [2.24, 2.45) is 5.92 Å². The standard InChI is InChI=1S/C16H14Cl2N2O2/c17-13-4-3-11(15(22)8-14(21)9-1-2-9)12(16(13)18)7-10-5-6-19-20-10/h3-6,9H,1-2,7-8H2,(H,19,20). The molecule has 0 radical (unpaired) electrons. The number of aromatic amines is 1. The molecular formula is C16H14Cl2N2O2. The zero-order chi connectivity index (χ0) is 15.7. The van der Waals surface area contributed by atoms with Gasteiger partial charge in [-0.25, -0.2) is 0 Å². The van der Waals surface area contributed by atoms with Crippen LogP contribution in [-0.2, 0) is 11.2 Å². The van der Waals surface area contributed by atoms with Crippen LogP contribution >= 0.6 is 23.2 Å². The van der Waals surface area contributed by atoms with Crippen LogP contribution in [0.1, 0.15) is 40.9 Å². The molecule has 2 aromatic rings. The van der Waals surface area contributed by atoms with Gasteiger partial charge in [0.1, 0.15) is 5.78 Å². The van der Waals surface area contributed by atoms with E-state index in [0.717, 1.165) is 18.5 Å². The summed E-state index contributed by atoms with van der Waals surface area (Å²) in [6, 6.07) is 5.04. The number of Topliss-reactive ketones (excluding diaryl/α,β-unsaturated/α-hetero) is 2. The summed E-state index contributed by atoms with van der Waals surface area (Å²) in [5.74, 6) is -0.115. The van der Waals surface area contributed by atoms with Gasteiger partial charge in [0.05, 0.1) is 16.5 Å². The van der Waals surface area contributed by atoms with Gasteiger partial charge >= 0.3 is 0 Å². The van der Waals surface area contributed by atoms with Crippen LogP contribution in [0.5, 0.6) is 0 Å². The monoisotopic (exact) mass is 336 g/mol. The van der Waals surface area contributed by atoms with Crippen molar-refractivity contribution in [2.75, 3.05) is 0 Å². The highest BCUT2D eigenvalue weighted by Crippen LogP contribution is 2.33. The Bertz CT molecular complexity index is 722. The lowest BCUT2D eigenvalue weighted by Gasteiger charge is -2.11. The summed E-state index contributed by atoms with van der Waals surface area (Å²) in [6.45, 7) is 0. The molecule has 0 atom stereocenters. The third kappa shape index (κ3) is 3.23. The molecule has 1 saturated carbocycles. The number of rotatable bonds is 6. The fourth-order valence-electron chi connectivity index (χ4n) is 2.40. The predicted molar refractivity (Wildman–Crippen MR) is 84.5 cm³/mol. The first-order valence-electron chi connectivity index (χ1n) is 7.07. The van der Waals surface area contributed by atoms with Crippen LogP contribution in [0.25, 0.3) is 0 Å². The first-order valence-corrected chi connectivity index (χ1v) is 7.83. The van der Waals surface area contributed by atoms with Crippen LogP contribution in [0.4, 0.5) is 0 Å². The van der Waals surface area contributed by atoms with Gasteiger partial charge in [0, 0.05) is 29.8 Å². The van der Waals surface area contributed by atoms with Gasteiger partial charge in [-0.1, -0.05) is 23.2 Å². The van der Waals surface area contributed by atoms with Gasteiger partial charge in [-0.3, -0.25) is 14.7 Å². The number of carbonyl (C=O) groups is 2. The van der Waals surface area contributed by atoms with E-state index in [1.165, 1.54) is 0 Å². The van der Waals surface area contributed by atoms with E-state index in [2.05, 4.69) is 10.2 Å². The lowest BCUT2D eigenvalue weighted by Crippen LogP contribution is -2.12. The lowest BCUT2D eigenvalue weighted by atomic mass is 9.96. The van der Waals surface area contributed by atoms with E-state index < -0.39 is 0 Å². The lowest BCUT2D eigenvalue weighted by molar-refractivity contribution is -0.119. The van der Waals surface area contributed by atoms with Gasteiger partial charge in [0.2, 0.25) is 0 Å². The summed E-state index contributed by atoms with van der Waals surface area (Å²) in [5.41, 5.74) is 1.91. The van der Waals surface area contributed by atoms with Gasteiger partial charge in [-0.15, -0.1) is 0 Å². The normalized spacial score (nSPS) is 14.1. The van der Waals surface area contributed by atoms with Gasteiger partial charge in [-0.05, 0) is 36.6 Å². The zero-order valence-electron chi connectivity index (χ0n) is 11.7. The van der Waals surface area contributed by atoms with Crippen molar-refractivity contribution in [3.8, 4) is 0 Å². The van der Waals surface area contributed by atoms with Gasteiger partial charge in [0.15, 0.2) is 5.78 Å². The number of aromatic nitrogens is 2. The molecule has 0 saturated heterocycles. The smallest absolute Gasteiger partial charge is 0.170 e. The fourth-order valence-corrected chi connectivity index (χ4v) is 2.81. The maximum atomic E-state index is 12.5. The minimum absolute atomic E-state index is 0.0172. The number of halogens is 2. The molecule has 1 N–H and O–H groups in total. The van der Waals surface area contributed by atoms with Crippen molar-refractivity contribution >= 4 is 34.8 Å². The summed E-state index contributed by atoms with van der Waals surface area (Å²) < 4.78 is 0. The van der Waals surface area contributed by atoms with E-state index in [1.54, 1.807) is 24.4 Å². The molecular weight excluding hydrogens is 323 g/mol. The first-order chi connectivity index (χ1) is 10.6. The van der Waals surface area contributed by atoms with Gasteiger partial charge in [-0.2, -0.15) is 5.10 Å². The number of nitrogens with one attached hydrogen (secondary N) is 1. The maximum absolute atomic E-state index is 12.5. The largest absolute Gasteiger partial charge is 0.299 e. The second-order valence-corrected chi connectivity index (χ2v) is 6.27. The molecule has 114 valence electrons. The molecule has 1 fully saturated rings. The number of nitrogens with zero attached hydrogens (tertiary/aromatic N) is 1. The average molecular weight is 337 g/mol. The summed E-state index contributed by atoms with van der Waals surface area (Å²) in [4.78, 5) is 24.3. The van der Waals surface area contributed by atoms with E-state index >= 15 is 0 Å². The van der Waals surface area contributed by atoms with Gasteiger partial charge in [0.25, 0.3) is 0 Å². The summed E-state index contributed by atoms with van der Waals surface area (Å²) in [6.07, 6.45) is 3.77. The van der Waals surface area contributed by atoms with Crippen molar-refractivity contribution in [2.45, 2.75) is 25.7 Å².